The third-order valence-corrected chi connectivity index (χ3v) is 2.65. The molecule has 2 rings (SSSR count). The minimum Gasteiger partial charge on any atom is -0.483 e. The van der Waals surface area contributed by atoms with Crippen molar-refractivity contribution in [2.75, 3.05) is 6.67 Å². The van der Waals surface area contributed by atoms with Crippen molar-refractivity contribution in [3.63, 3.8) is 0 Å². The fraction of sp³-hybridized carbons (Fsp3) is 0.250. The van der Waals surface area contributed by atoms with E-state index in [2.05, 4.69) is 0 Å². The highest BCUT2D eigenvalue weighted by Gasteiger charge is 2.33. The molecule has 0 fully saturated rings. The lowest BCUT2D eigenvalue weighted by molar-refractivity contribution is -0.137. The smallest absolute Gasteiger partial charge is 0.416 e. The molecule has 3 nitrogen and oxygen atoms in total. The average molecular weight is 275 g/mol. The molecule has 1 aliphatic heterocycles. The number of amides is 1. The molecule has 1 aromatic carbocycles. The molecule has 0 bridgehead atoms. The molecule has 1 aromatic rings. The molecule has 0 aromatic heterocycles. The van der Waals surface area contributed by atoms with E-state index in [0.717, 1.165) is 24.3 Å². The summed E-state index contributed by atoms with van der Waals surface area (Å²) in [7, 11) is 0. The van der Waals surface area contributed by atoms with Crippen molar-refractivity contribution in [2.24, 2.45) is 5.73 Å². The van der Waals surface area contributed by atoms with Gasteiger partial charge in [-0.3, -0.25) is 4.79 Å². The maximum atomic E-state index is 12.6. The van der Waals surface area contributed by atoms with Crippen LogP contribution < -0.4 is 10.5 Å². The summed E-state index contributed by atoms with van der Waals surface area (Å²) in [5.74, 6) is -0.922. The zero-order valence-electron chi connectivity index (χ0n) is 9.50. The Hall–Kier alpha value is -2.05. The third-order valence-electron chi connectivity index (χ3n) is 2.65. The number of ether oxygens (including phenoxy) is 1. The zero-order valence-corrected chi connectivity index (χ0v) is 9.50. The molecule has 0 radical (unpaired) electrons. The number of benzene rings is 1. The molecule has 1 aliphatic rings. The van der Waals surface area contributed by atoms with E-state index >= 15 is 0 Å². The van der Waals surface area contributed by atoms with Gasteiger partial charge in [-0.1, -0.05) is 0 Å². The second kappa shape index (κ2) is 4.56. The Labute approximate surface area is 105 Å². The molecular weight excluding hydrogens is 266 g/mol. The zero-order chi connectivity index (χ0) is 14.2. The van der Waals surface area contributed by atoms with Crippen LogP contribution in [-0.4, -0.2) is 18.7 Å². The van der Waals surface area contributed by atoms with Crippen LogP contribution in [-0.2, 0) is 11.0 Å². The van der Waals surface area contributed by atoms with Crippen LogP contribution in [0.3, 0.4) is 0 Å². The summed E-state index contributed by atoms with van der Waals surface area (Å²) in [5, 5.41) is 0. The van der Waals surface area contributed by atoms with Gasteiger partial charge in [-0.15, -0.1) is 0 Å². The van der Waals surface area contributed by atoms with E-state index in [1.807, 2.05) is 0 Å². The molecule has 7 heteroatoms. The first kappa shape index (κ1) is 13.4. The molecule has 1 unspecified atom stereocenters. The fourth-order valence-electron chi connectivity index (χ4n) is 1.78. The van der Waals surface area contributed by atoms with E-state index < -0.39 is 30.4 Å². The lowest BCUT2D eigenvalue weighted by atomic mass is 9.97. The predicted octanol–water partition coefficient (Wildman–Crippen LogP) is 2.30. The summed E-state index contributed by atoms with van der Waals surface area (Å²) >= 11 is 0. The van der Waals surface area contributed by atoms with Crippen LogP contribution in [0.25, 0.3) is 5.57 Å². The number of nitrogens with two attached hydrogens (primary N) is 1. The van der Waals surface area contributed by atoms with Crippen molar-refractivity contribution >= 4 is 11.5 Å². The fourth-order valence-corrected chi connectivity index (χ4v) is 1.78. The minimum absolute atomic E-state index is 0.00644. The molecule has 0 saturated carbocycles. The van der Waals surface area contributed by atoms with Gasteiger partial charge in [0.2, 0.25) is 5.91 Å². The molecule has 102 valence electrons. The molecule has 0 saturated heterocycles. The Morgan fingerprint density at radius 2 is 2.05 bits per heavy atom. The Morgan fingerprint density at radius 1 is 1.37 bits per heavy atom. The van der Waals surface area contributed by atoms with Crippen molar-refractivity contribution in [3.05, 3.63) is 35.4 Å². The highest BCUT2D eigenvalue weighted by atomic mass is 19.4. The van der Waals surface area contributed by atoms with Gasteiger partial charge < -0.3 is 10.5 Å². The number of hydrogen-bond acceptors (Lipinski definition) is 2. The monoisotopic (exact) mass is 275 g/mol. The van der Waals surface area contributed by atoms with Crippen LogP contribution in [0.15, 0.2) is 24.3 Å². The minimum atomic E-state index is -4.55. The number of primary amides is 1. The molecule has 0 spiro atoms. The molecule has 1 amide bonds. The van der Waals surface area contributed by atoms with E-state index in [9.17, 15) is 22.4 Å². The largest absolute Gasteiger partial charge is 0.483 e. The third kappa shape index (κ3) is 2.54. The van der Waals surface area contributed by atoms with Crippen molar-refractivity contribution in [2.45, 2.75) is 12.3 Å². The van der Waals surface area contributed by atoms with Crippen LogP contribution >= 0.6 is 0 Å². The molecular formula is C12H9F4NO2. The van der Waals surface area contributed by atoms with Crippen LogP contribution in [0.1, 0.15) is 11.1 Å². The van der Waals surface area contributed by atoms with Gasteiger partial charge in [0.25, 0.3) is 0 Å². The number of hydrogen-bond donors (Lipinski definition) is 1. The molecule has 1 atom stereocenters. The number of carbonyl (C=O) groups is 1. The number of alkyl halides is 4. The quantitative estimate of drug-likeness (QED) is 0.842. The van der Waals surface area contributed by atoms with Gasteiger partial charge in [0, 0.05) is 11.1 Å². The normalized spacial score (nSPS) is 18.3. The van der Waals surface area contributed by atoms with Gasteiger partial charge in [0.05, 0.1) is 5.56 Å². The summed E-state index contributed by atoms with van der Waals surface area (Å²) in [6, 6.07) is 2.62. The van der Waals surface area contributed by atoms with Gasteiger partial charge >= 0.3 is 6.18 Å². The summed E-state index contributed by atoms with van der Waals surface area (Å²) in [6.07, 6.45) is -4.48. The molecule has 0 aliphatic carbocycles. The van der Waals surface area contributed by atoms with Gasteiger partial charge in [-0.05, 0) is 24.3 Å². The standard InChI is InChI=1S/C12H9F4NO2/c13-5-7-4-9(11(17)18)8-3-6(12(14,15)16)1-2-10(8)19-7/h1-4,7H,5H2,(H2,17,18). The van der Waals surface area contributed by atoms with Crippen LogP contribution in [0.2, 0.25) is 0 Å². The topological polar surface area (TPSA) is 52.3 Å². The number of fused-ring (bicyclic) bond motifs is 1. The van der Waals surface area contributed by atoms with E-state index in [1.165, 1.54) is 0 Å². The lowest BCUT2D eigenvalue weighted by Gasteiger charge is -2.23. The summed E-state index contributed by atoms with van der Waals surface area (Å²) in [4.78, 5) is 11.2. The Morgan fingerprint density at radius 3 is 2.58 bits per heavy atom. The first-order chi connectivity index (χ1) is 8.82. The number of rotatable bonds is 2. The molecule has 2 N–H and O–H groups in total. The van der Waals surface area contributed by atoms with Crippen molar-refractivity contribution in [3.8, 4) is 5.75 Å². The Bertz CT molecular complexity index is 551. The van der Waals surface area contributed by atoms with E-state index in [1.54, 1.807) is 0 Å². The second-order valence-corrected chi connectivity index (χ2v) is 3.96. The Balaban J connectivity index is 2.54. The van der Waals surface area contributed by atoms with E-state index in [0.29, 0.717) is 0 Å². The SMILES string of the molecule is NC(=O)C1=CC(CF)Oc2ccc(C(F)(F)F)cc21. The molecule has 1 heterocycles. The van der Waals surface area contributed by atoms with Gasteiger partial charge in [0.1, 0.15) is 18.5 Å². The first-order valence-electron chi connectivity index (χ1n) is 5.29. The highest BCUT2D eigenvalue weighted by molar-refractivity contribution is 6.20. The summed E-state index contributed by atoms with van der Waals surface area (Å²) in [5.41, 5.74) is 3.91. The van der Waals surface area contributed by atoms with Crippen molar-refractivity contribution in [1.82, 2.24) is 0 Å². The van der Waals surface area contributed by atoms with Crippen LogP contribution in [0.5, 0.6) is 5.75 Å². The number of halogens is 4. The summed E-state index contributed by atoms with van der Waals surface area (Å²) in [6.45, 7) is -0.906. The van der Waals surface area contributed by atoms with Gasteiger partial charge in [-0.2, -0.15) is 13.2 Å². The summed E-state index contributed by atoms with van der Waals surface area (Å²) < 4.78 is 55.5. The van der Waals surface area contributed by atoms with E-state index in [4.69, 9.17) is 10.5 Å². The van der Waals surface area contributed by atoms with Crippen LogP contribution in [0.4, 0.5) is 17.6 Å². The second-order valence-electron chi connectivity index (χ2n) is 3.96. The average Bonchev–Trinajstić information content (AvgIpc) is 2.35. The van der Waals surface area contributed by atoms with Crippen molar-refractivity contribution in [1.29, 1.82) is 0 Å². The first-order valence-corrected chi connectivity index (χ1v) is 5.29. The predicted molar refractivity (Wildman–Crippen MR) is 59.0 cm³/mol. The van der Waals surface area contributed by atoms with Crippen molar-refractivity contribution < 1.29 is 27.1 Å². The van der Waals surface area contributed by atoms with Crippen LogP contribution in [0, 0.1) is 0 Å². The lowest BCUT2D eigenvalue weighted by Crippen LogP contribution is -2.25. The highest BCUT2D eigenvalue weighted by Crippen LogP contribution is 2.37. The maximum absolute atomic E-state index is 12.6. The Kier molecular flexibility index (Phi) is 3.21. The van der Waals surface area contributed by atoms with Gasteiger partial charge in [-0.25, -0.2) is 4.39 Å². The maximum Gasteiger partial charge on any atom is 0.416 e. The number of carbonyl (C=O) groups excluding carboxylic acids is 1. The van der Waals surface area contributed by atoms with Gasteiger partial charge in [0.15, 0.2) is 0 Å². The molecule has 19 heavy (non-hydrogen) atoms. The van der Waals surface area contributed by atoms with E-state index in [-0.39, 0.29) is 16.9 Å².